The maximum atomic E-state index is 12.1. The van der Waals surface area contributed by atoms with Crippen LogP contribution in [0.25, 0.3) is 6.08 Å². The van der Waals surface area contributed by atoms with Crippen molar-refractivity contribution in [2.24, 2.45) is 0 Å². The highest BCUT2D eigenvalue weighted by molar-refractivity contribution is 7.92. The molecule has 1 aliphatic heterocycles. The minimum Gasteiger partial charge on any atom is -0.300 e. The van der Waals surface area contributed by atoms with Crippen LogP contribution in [0.15, 0.2) is 29.7 Å². The Labute approximate surface area is 137 Å². The van der Waals surface area contributed by atoms with Crippen molar-refractivity contribution in [3.05, 3.63) is 40.3 Å². The SMILES string of the molecule is O=S(=O)(/C=C/c1ccc(Cl)cc1)NC1CCN(C2CC2)CC1. The van der Waals surface area contributed by atoms with Gasteiger partial charge in [-0.3, -0.25) is 0 Å². The van der Waals surface area contributed by atoms with Gasteiger partial charge in [0, 0.05) is 22.5 Å². The average Bonchev–Trinajstić information content (AvgIpc) is 3.32. The Hall–Kier alpha value is -0.880. The predicted octanol–water partition coefficient (Wildman–Crippen LogP) is 2.86. The van der Waals surface area contributed by atoms with Gasteiger partial charge in [0.1, 0.15) is 0 Å². The lowest BCUT2D eigenvalue weighted by Crippen LogP contribution is -2.44. The third-order valence-electron chi connectivity index (χ3n) is 4.23. The molecule has 1 heterocycles. The van der Waals surface area contributed by atoms with Crippen LogP contribution in [-0.4, -0.2) is 38.5 Å². The standard InChI is InChI=1S/C16H21ClN2O2S/c17-14-3-1-13(2-4-14)9-12-22(20,21)18-15-7-10-19(11-8-15)16-5-6-16/h1-4,9,12,15-16,18H,5-8,10-11H2/b12-9+. The van der Waals surface area contributed by atoms with Gasteiger partial charge in [-0.25, -0.2) is 13.1 Å². The Morgan fingerprint density at radius 2 is 1.73 bits per heavy atom. The van der Waals surface area contributed by atoms with E-state index >= 15 is 0 Å². The molecule has 1 saturated heterocycles. The second-order valence-corrected chi connectivity index (χ2v) is 8.09. The van der Waals surface area contributed by atoms with Crippen molar-refractivity contribution >= 4 is 27.7 Å². The fraction of sp³-hybridized carbons (Fsp3) is 0.500. The number of nitrogens with one attached hydrogen (secondary N) is 1. The first-order valence-corrected chi connectivity index (χ1v) is 9.64. The summed E-state index contributed by atoms with van der Waals surface area (Å²) in [4.78, 5) is 2.48. The molecule has 120 valence electrons. The van der Waals surface area contributed by atoms with E-state index in [4.69, 9.17) is 11.6 Å². The number of likely N-dealkylation sites (tertiary alicyclic amines) is 1. The van der Waals surface area contributed by atoms with Gasteiger partial charge >= 0.3 is 0 Å². The van der Waals surface area contributed by atoms with Crippen molar-refractivity contribution in [1.29, 1.82) is 0 Å². The van der Waals surface area contributed by atoms with E-state index in [0.29, 0.717) is 5.02 Å². The molecule has 1 saturated carbocycles. The monoisotopic (exact) mass is 340 g/mol. The van der Waals surface area contributed by atoms with Crippen LogP contribution >= 0.6 is 11.6 Å². The van der Waals surface area contributed by atoms with E-state index in [0.717, 1.165) is 37.5 Å². The summed E-state index contributed by atoms with van der Waals surface area (Å²) in [7, 11) is -3.39. The van der Waals surface area contributed by atoms with Crippen LogP contribution in [0.2, 0.25) is 5.02 Å². The molecule has 0 aromatic heterocycles. The molecule has 4 nitrogen and oxygen atoms in total. The molecule has 1 N–H and O–H groups in total. The first-order chi connectivity index (χ1) is 10.5. The molecule has 22 heavy (non-hydrogen) atoms. The van der Waals surface area contributed by atoms with Crippen molar-refractivity contribution in [3.63, 3.8) is 0 Å². The molecule has 2 fully saturated rings. The molecule has 0 radical (unpaired) electrons. The number of nitrogens with zero attached hydrogens (tertiary/aromatic N) is 1. The number of sulfonamides is 1. The zero-order chi connectivity index (χ0) is 15.6. The van der Waals surface area contributed by atoms with E-state index < -0.39 is 10.0 Å². The van der Waals surface area contributed by atoms with Crippen LogP contribution in [0.5, 0.6) is 0 Å². The van der Waals surface area contributed by atoms with Crippen molar-refractivity contribution < 1.29 is 8.42 Å². The highest BCUT2D eigenvalue weighted by Gasteiger charge is 2.32. The molecule has 2 aliphatic rings. The molecule has 0 spiro atoms. The molecule has 0 amide bonds. The van der Waals surface area contributed by atoms with Crippen molar-refractivity contribution in [3.8, 4) is 0 Å². The molecule has 1 aromatic carbocycles. The smallest absolute Gasteiger partial charge is 0.233 e. The summed E-state index contributed by atoms with van der Waals surface area (Å²) in [6, 6.07) is 7.89. The lowest BCUT2D eigenvalue weighted by molar-refractivity contribution is 0.199. The largest absolute Gasteiger partial charge is 0.300 e. The van der Waals surface area contributed by atoms with E-state index in [-0.39, 0.29) is 6.04 Å². The Kier molecular flexibility index (Phi) is 4.88. The van der Waals surface area contributed by atoms with Crippen LogP contribution < -0.4 is 4.72 Å². The van der Waals surface area contributed by atoms with Gasteiger partial charge in [-0.1, -0.05) is 23.7 Å². The lowest BCUT2D eigenvalue weighted by atomic mass is 10.1. The van der Waals surface area contributed by atoms with Gasteiger partial charge in [-0.15, -0.1) is 0 Å². The quantitative estimate of drug-likeness (QED) is 0.896. The Bertz CT molecular complexity index is 631. The van der Waals surface area contributed by atoms with Gasteiger partial charge < -0.3 is 4.90 Å². The highest BCUT2D eigenvalue weighted by atomic mass is 35.5. The average molecular weight is 341 g/mol. The summed E-state index contributed by atoms with van der Waals surface area (Å²) < 4.78 is 27.0. The number of hydrogen-bond donors (Lipinski definition) is 1. The van der Waals surface area contributed by atoms with E-state index in [1.54, 1.807) is 30.3 Å². The fourth-order valence-electron chi connectivity index (χ4n) is 2.84. The molecular formula is C16H21ClN2O2S. The van der Waals surface area contributed by atoms with Crippen LogP contribution in [0.4, 0.5) is 0 Å². The van der Waals surface area contributed by atoms with Gasteiger partial charge in [0.05, 0.1) is 0 Å². The number of hydrogen-bond acceptors (Lipinski definition) is 3. The van der Waals surface area contributed by atoms with Gasteiger partial charge in [-0.05, 0) is 62.5 Å². The van der Waals surface area contributed by atoms with E-state index in [1.165, 1.54) is 18.2 Å². The van der Waals surface area contributed by atoms with Gasteiger partial charge in [-0.2, -0.15) is 0 Å². The van der Waals surface area contributed by atoms with Crippen molar-refractivity contribution in [2.75, 3.05) is 13.1 Å². The van der Waals surface area contributed by atoms with E-state index in [1.807, 2.05) is 0 Å². The molecule has 0 atom stereocenters. The van der Waals surface area contributed by atoms with E-state index in [9.17, 15) is 8.42 Å². The zero-order valence-corrected chi connectivity index (χ0v) is 14.0. The van der Waals surface area contributed by atoms with E-state index in [2.05, 4.69) is 9.62 Å². The van der Waals surface area contributed by atoms with Crippen LogP contribution in [0, 0.1) is 0 Å². The molecular weight excluding hydrogens is 320 g/mol. The summed E-state index contributed by atoms with van der Waals surface area (Å²) >= 11 is 5.81. The number of halogens is 1. The Morgan fingerprint density at radius 3 is 2.32 bits per heavy atom. The normalized spacial score (nSPS) is 21.5. The summed E-state index contributed by atoms with van der Waals surface area (Å²) in [5.74, 6) is 0. The molecule has 1 aromatic rings. The highest BCUT2D eigenvalue weighted by Crippen LogP contribution is 2.29. The van der Waals surface area contributed by atoms with Crippen LogP contribution in [0.1, 0.15) is 31.2 Å². The minimum atomic E-state index is -3.39. The maximum Gasteiger partial charge on any atom is 0.233 e. The first kappa shape index (κ1) is 16.0. The van der Waals surface area contributed by atoms with Crippen molar-refractivity contribution in [2.45, 2.75) is 37.8 Å². The Balaban J connectivity index is 1.53. The van der Waals surface area contributed by atoms with Crippen molar-refractivity contribution in [1.82, 2.24) is 9.62 Å². The molecule has 3 rings (SSSR count). The summed E-state index contributed by atoms with van der Waals surface area (Å²) in [6.07, 6.45) is 5.99. The second kappa shape index (κ2) is 6.71. The molecule has 0 unspecified atom stereocenters. The van der Waals surface area contributed by atoms with Crippen LogP contribution in [0.3, 0.4) is 0 Å². The first-order valence-electron chi connectivity index (χ1n) is 7.72. The molecule has 0 bridgehead atoms. The Morgan fingerprint density at radius 1 is 1.09 bits per heavy atom. The number of rotatable bonds is 5. The maximum absolute atomic E-state index is 12.1. The topological polar surface area (TPSA) is 49.4 Å². The third-order valence-corrected chi connectivity index (χ3v) is 5.64. The third kappa shape index (κ3) is 4.56. The number of piperidine rings is 1. The minimum absolute atomic E-state index is 0.0508. The lowest BCUT2D eigenvalue weighted by Gasteiger charge is -2.31. The van der Waals surface area contributed by atoms with Gasteiger partial charge in [0.25, 0.3) is 0 Å². The summed E-state index contributed by atoms with van der Waals surface area (Å²) in [5.41, 5.74) is 0.818. The zero-order valence-electron chi connectivity index (χ0n) is 12.4. The van der Waals surface area contributed by atoms with Gasteiger partial charge in [0.15, 0.2) is 0 Å². The fourth-order valence-corrected chi connectivity index (χ4v) is 4.08. The van der Waals surface area contributed by atoms with Gasteiger partial charge in [0.2, 0.25) is 10.0 Å². The molecule has 1 aliphatic carbocycles. The van der Waals surface area contributed by atoms with Crippen LogP contribution in [-0.2, 0) is 10.0 Å². The number of benzene rings is 1. The summed E-state index contributed by atoms with van der Waals surface area (Å²) in [5, 5.41) is 1.88. The predicted molar refractivity (Wildman–Crippen MR) is 90.2 cm³/mol. The summed E-state index contributed by atoms with van der Waals surface area (Å²) in [6.45, 7) is 2.00. The molecule has 6 heteroatoms. The second-order valence-electron chi connectivity index (χ2n) is 6.06.